The fourth-order valence-electron chi connectivity index (χ4n) is 0.762. The van der Waals surface area contributed by atoms with E-state index in [2.05, 4.69) is 5.32 Å². The van der Waals surface area contributed by atoms with Crippen LogP contribution in [-0.2, 0) is 4.79 Å². The number of terminal acetylenes is 1. The highest BCUT2D eigenvalue weighted by molar-refractivity contribution is 5.92. The molecule has 62 valence electrons. The summed E-state index contributed by atoms with van der Waals surface area (Å²) in [5.74, 6) is 1.64. The Morgan fingerprint density at radius 3 is 2.91 bits per heavy atom. The predicted octanol–water partition coefficient (Wildman–Crippen LogP) is -0.137. The average Bonchev–Trinajstić information content (AvgIpc) is 2.00. The van der Waals surface area contributed by atoms with E-state index in [9.17, 15) is 4.79 Å². The van der Waals surface area contributed by atoms with Gasteiger partial charge in [-0.05, 0) is 32.2 Å². The average molecular weight is 154 g/mol. The third kappa shape index (κ3) is 5.43. The quantitative estimate of drug-likeness (QED) is 0.554. The van der Waals surface area contributed by atoms with Crippen LogP contribution in [0, 0.1) is 12.3 Å². The number of carbonyl (C=O) groups is 1. The zero-order chi connectivity index (χ0) is 8.69. The maximum atomic E-state index is 10.6. The molecule has 0 saturated carbocycles. The molecule has 1 atom stereocenters. The minimum atomic E-state index is -0.352. The first-order chi connectivity index (χ1) is 5.20. The second-order valence-corrected chi connectivity index (χ2v) is 2.45. The molecule has 0 aromatic heterocycles. The van der Waals surface area contributed by atoms with Crippen molar-refractivity contribution in [1.29, 1.82) is 0 Å². The molecular formula is C8H14N2O. The molecule has 0 aromatic carbocycles. The summed E-state index contributed by atoms with van der Waals surface area (Å²) >= 11 is 0. The summed E-state index contributed by atoms with van der Waals surface area (Å²) in [4.78, 5) is 10.6. The molecule has 3 N–H and O–H groups in total. The zero-order valence-corrected chi connectivity index (χ0v) is 6.76. The fraction of sp³-hybridized carbons (Fsp3) is 0.625. The summed E-state index contributed by atoms with van der Waals surface area (Å²) in [7, 11) is 0. The maximum Gasteiger partial charge on any atom is 0.295 e. The number of carbonyl (C=O) groups excluding carboxylic acids is 1. The summed E-state index contributed by atoms with van der Waals surface area (Å²) in [6.07, 6.45) is 6.65. The highest BCUT2D eigenvalue weighted by Crippen LogP contribution is 1.93. The lowest BCUT2D eigenvalue weighted by molar-refractivity contribution is -0.116. The van der Waals surface area contributed by atoms with Gasteiger partial charge in [0.1, 0.15) is 0 Å². The Bertz CT molecular complexity index is 160. The standard InChI is InChI=1S/C8H14N2O/c1-3-8(11)10-7(2)5-4-6-9/h1,7H,4-6,9H2,2H3,(H,10,11). The number of nitrogens with one attached hydrogen (secondary N) is 1. The molecule has 3 heteroatoms. The summed E-state index contributed by atoms with van der Waals surface area (Å²) < 4.78 is 0. The van der Waals surface area contributed by atoms with Crippen molar-refractivity contribution in [2.45, 2.75) is 25.8 Å². The van der Waals surface area contributed by atoms with Crippen molar-refractivity contribution in [2.75, 3.05) is 6.54 Å². The second-order valence-electron chi connectivity index (χ2n) is 2.45. The molecule has 0 rings (SSSR count). The van der Waals surface area contributed by atoms with Gasteiger partial charge >= 0.3 is 0 Å². The normalized spacial score (nSPS) is 11.7. The summed E-state index contributed by atoms with van der Waals surface area (Å²) in [6.45, 7) is 2.56. The van der Waals surface area contributed by atoms with Gasteiger partial charge in [-0.25, -0.2) is 0 Å². The van der Waals surface area contributed by atoms with E-state index in [1.165, 1.54) is 0 Å². The van der Waals surface area contributed by atoms with Gasteiger partial charge in [0, 0.05) is 6.04 Å². The molecule has 0 heterocycles. The van der Waals surface area contributed by atoms with E-state index in [-0.39, 0.29) is 11.9 Å². The van der Waals surface area contributed by atoms with Gasteiger partial charge in [-0.1, -0.05) is 0 Å². The first-order valence-electron chi connectivity index (χ1n) is 3.68. The van der Waals surface area contributed by atoms with Crippen molar-refractivity contribution < 1.29 is 4.79 Å². The molecule has 0 aliphatic carbocycles. The first kappa shape index (κ1) is 9.99. The van der Waals surface area contributed by atoms with E-state index in [0.29, 0.717) is 6.54 Å². The molecule has 0 fully saturated rings. The smallest absolute Gasteiger partial charge is 0.295 e. The van der Waals surface area contributed by atoms with Crippen molar-refractivity contribution in [3.63, 3.8) is 0 Å². The van der Waals surface area contributed by atoms with Crippen LogP contribution in [-0.4, -0.2) is 18.5 Å². The van der Waals surface area contributed by atoms with Crippen molar-refractivity contribution >= 4 is 5.91 Å². The van der Waals surface area contributed by atoms with Crippen LogP contribution in [0.25, 0.3) is 0 Å². The van der Waals surface area contributed by atoms with Gasteiger partial charge < -0.3 is 11.1 Å². The minimum absolute atomic E-state index is 0.127. The van der Waals surface area contributed by atoms with Crippen LogP contribution in [0.15, 0.2) is 0 Å². The maximum absolute atomic E-state index is 10.6. The van der Waals surface area contributed by atoms with Gasteiger partial charge in [0.25, 0.3) is 5.91 Å². The van der Waals surface area contributed by atoms with E-state index in [1.54, 1.807) is 0 Å². The molecule has 3 nitrogen and oxygen atoms in total. The number of nitrogens with two attached hydrogens (primary N) is 1. The van der Waals surface area contributed by atoms with Gasteiger partial charge in [-0.15, -0.1) is 6.42 Å². The predicted molar refractivity (Wildman–Crippen MR) is 44.7 cm³/mol. The van der Waals surface area contributed by atoms with E-state index >= 15 is 0 Å². The monoisotopic (exact) mass is 154 g/mol. The van der Waals surface area contributed by atoms with Gasteiger partial charge in [-0.3, -0.25) is 4.79 Å². The van der Waals surface area contributed by atoms with Crippen LogP contribution in [0.2, 0.25) is 0 Å². The second kappa shape index (κ2) is 5.75. The van der Waals surface area contributed by atoms with Crippen LogP contribution in [0.5, 0.6) is 0 Å². The molecular weight excluding hydrogens is 140 g/mol. The lowest BCUT2D eigenvalue weighted by atomic mass is 10.2. The Morgan fingerprint density at radius 2 is 2.45 bits per heavy atom. The van der Waals surface area contributed by atoms with E-state index < -0.39 is 0 Å². The third-order valence-electron chi connectivity index (χ3n) is 1.35. The van der Waals surface area contributed by atoms with Gasteiger partial charge in [-0.2, -0.15) is 0 Å². The minimum Gasteiger partial charge on any atom is -0.343 e. The van der Waals surface area contributed by atoms with Crippen molar-refractivity contribution in [3.05, 3.63) is 0 Å². The molecule has 0 saturated heterocycles. The third-order valence-corrected chi connectivity index (χ3v) is 1.35. The molecule has 0 bridgehead atoms. The summed E-state index contributed by atoms with van der Waals surface area (Å²) in [5, 5.41) is 2.63. The van der Waals surface area contributed by atoms with Crippen LogP contribution >= 0.6 is 0 Å². The molecule has 11 heavy (non-hydrogen) atoms. The van der Waals surface area contributed by atoms with Crippen LogP contribution in [0.4, 0.5) is 0 Å². The van der Waals surface area contributed by atoms with Crippen molar-refractivity contribution in [1.82, 2.24) is 5.32 Å². The topological polar surface area (TPSA) is 55.1 Å². The lowest BCUT2D eigenvalue weighted by Crippen LogP contribution is -2.31. The zero-order valence-electron chi connectivity index (χ0n) is 6.76. The van der Waals surface area contributed by atoms with E-state index in [0.717, 1.165) is 12.8 Å². The number of hydrogen-bond donors (Lipinski definition) is 2. The molecule has 0 aliphatic heterocycles. The largest absolute Gasteiger partial charge is 0.343 e. The van der Waals surface area contributed by atoms with Gasteiger partial charge in [0.05, 0.1) is 0 Å². The Kier molecular flexibility index (Phi) is 5.22. The molecule has 0 radical (unpaired) electrons. The molecule has 0 aliphatic rings. The molecule has 1 amide bonds. The van der Waals surface area contributed by atoms with E-state index in [4.69, 9.17) is 12.2 Å². The summed E-state index contributed by atoms with van der Waals surface area (Å²) in [6, 6.07) is 0.127. The number of hydrogen-bond acceptors (Lipinski definition) is 2. The van der Waals surface area contributed by atoms with Gasteiger partial charge in [0.15, 0.2) is 0 Å². The SMILES string of the molecule is C#CC(=O)NC(C)CCCN. The Hall–Kier alpha value is -1.01. The Balaban J connectivity index is 3.45. The van der Waals surface area contributed by atoms with Crippen molar-refractivity contribution in [3.8, 4) is 12.3 Å². The van der Waals surface area contributed by atoms with Crippen LogP contribution in [0.1, 0.15) is 19.8 Å². The highest BCUT2D eigenvalue weighted by atomic mass is 16.1. The molecule has 1 unspecified atom stereocenters. The summed E-state index contributed by atoms with van der Waals surface area (Å²) in [5.41, 5.74) is 5.29. The number of amides is 1. The van der Waals surface area contributed by atoms with Crippen LogP contribution in [0.3, 0.4) is 0 Å². The molecule has 0 aromatic rings. The highest BCUT2D eigenvalue weighted by Gasteiger charge is 2.02. The van der Waals surface area contributed by atoms with Crippen molar-refractivity contribution in [2.24, 2.45) is 5.73 Å². The lowest BCUT2D eigenvalue weighted by Gasteiger charge is -2.09. The van der Waals surface area contributed by atoms with Gasteiger partial charge in [0.2, 0.25) is 0 Å². The Labute approximate surface area is 67.3 Å². The molecule has 0 spiro atoms. The fourth-order valence-corrected chi connectivity index (χ4v) is 0.762. The van der Waals surface area contributed by atoms with Crippen LogP contribution < -0.4 is 11.1 Å². The number of rotatable bonds is 4. The first-order valence-corrected chi connectivity index (χ1v) is 3.68. The van der Waals surface area contributed by atoms with E-state index in [1.807, 2.05) is 12.8 Å². The Morgan fingerprint density at radius 1 is 1.82 bits per heavy atom.